The molecule has 0 saturated carbocycles. The zero-order chi connectivity index (χ0) is 14.1. The van der Waals surface area contributed by atoms with Crippen LogP contribution in [0.4, 0.5) is 5.82 Å². The molecule has 3 N–H and O–H groups in total. The molecule has 3 rings (SSSR count). The standard InChI is InChI=1S/C15H15N3O2/c1-20-12-6-2-4-10(8-12)13-14(16)18-7-3-5-11(9-19)15(18)17-13/h2-8,19H,9,16H2,1H3. The summed E-state index contributed by atoms with van der Waals surface area (Å²) in [6.45, 7) is -0.0711. The first-order valence-corrected chi connectivity index (χ1v) is 6.25. The first kappa shape index (κ1) is 12.5. The Kier molecular flexibility index (Phi) is 3.04. The SMILES string of the molecule is COc1cccc(-c2nc3c(CO)cccn3c2N)c1. The molecule has 0 aliphatic heterocycles. The number of nitrogens with two attached hydrogens (primary N) is 1. The maximum atomic E-state index is 9.37. The van der Waals surface area contributed by atoms with Crippen molar-refractivity contribution in [2.45, 2.75) is 6.61 Å². The maximum absolute atomic E-state index is 9.37. The van der Waals surface area contributed by atoms with E-state index >= 15 is 0 Å². The summed E-state index contributed by atoms with van der Waals surface area (Å²) < 4.78 is 7.00. The zero-order valence-corrected chi connectivity index (χ0v) is 11.1. The summed E-state index contributed by atoms with van der Waals surface area (Å²) in [6.07, 6.45) is 1.83. The minimum absolute atomic E-state index is 0.0711. The Bertz CT molecular complexity index is 765. The van der Waals surface area contributed by atoms with Gasteiger partial charge in [-0.1, -0.05) is 18.2 Å². The number of benzene rings is 1. The second-order valence-corrected chi connectivity index (χ2v) is 4.46. The van der Waals surface area contributed by atoms with E-state index in [4.69, 9.17) is 10.5 Å². The highest BCUT2D eigenvalue weighted by molar-refractivity contribution is 5.76. The first-order chi connectivity index (χ1) is 9.74. The van der Waals surface area contributed by atoms with Gasteiger partial charge in [0.2, 0.25) is 0 Å². The largest absolute Gasteiger partial charge is 0.497 e. The second-order valence-electron chi connectivity index (χ2n) is 4.46. The van der Waals surface area contributed by atoms with E-state index in [2.05, 4.69) is 4.98 Å². The molecule has 3 aromatic rings. The number of pyridine rings is 1. The van der Waals surface area contributed by atoms with Gasteiger partial charge in [-0.15, -0.1) is 0 Å². The molecule has 0 amide bonds. The van der Waals surface area contributed by atoms with Gasteiger partial charge in [-0.05, 0) is 18.2 Å². The van der Waals surface area contributed by atoms with Crippen LogP contribution >= 0.6 is 0 Å². The number of methoxy groups -OCH3 is 1. The summed E-state index contributed by atoms with van der Waals surface area (Å²) in [7, 11) is 1.62. The molecule has 0 spiro atoms. The van der Waals surface area contributed by atoms with Gasteiger partial charge in [0, 0.05) is 17.3 Å². The maximum Gasteiger partial charge on any atom is 0.144 e. The molecule has 2 heterocycles. The van der Waals surface area contributed by atoms with Gasteiger partial charge in [-0.3, -0.25) is 4.40 Å². The summed E-state index contributed by atoms with van der Waals surface area (Å²) in [5, 5.41) is 9.37. The fourth-order valence-corrected chi connectivity index (χ4v) is 2.25. The highest BCUT2D eigenvalue weighted by atomic mass is 16.5. The van der Waals surface area contributed by atoms with Gasteiger partial charge >= 0.3 is 0 Å². The highest BCUT2D eigenvalue weighted by Crippen LogP contribution is 2.29. The summed E-state index contributed by atoms with van der Waals surface area (Å²) >= 11 is 0. The third-order valence-corrected chi connectivity index (χ3v) is 3.28. The van der Waals surface area contributed by atoms with Crippen LogP contribution in [-0.2, 0) is 6.61 Å². The lowest BCUT2D eigenvalue weighted by Gasteiger charge is -2.03. The van der Waals surface area contributed by atoms with Crippen LogP contribution in [0, 0.1) is 0 Å². The third kappa shape index (κ3) is 1.88. The van der Waals surface area contributed by atoms with Crippen molar-refractivity contribution in [1.82, 2.24) is 9.38 Å². The van der Waals surface area contributed by atoms with Gasteiger partial charge < -0.3 is 15.6 Å². The van der Waals surface area contributed by atoms with Crippen LogP contribution in [0.15, 0.2) is 42.6 Å². The van der Waals surface area contributed by atoms with Crippen LogP contribution in [0.1, 0.15) is 5.56 Å². The number of ether oxygens (including phenoxy) is 1. The molecule has 20 heavy (non-hydrogen) atoms. The van der Waals surface area contributed by atoms with Crippen molar-refractivity contribution >= 4 is 11.5 Å². The molecule has 2 aromatic heterocycles. The molecule has 0 aliphatic carbocycles. The third-order valence-electron chi connectivity index (χ3n) is 3.28. The second kappa shape index (κ2) is 4.86. The number of hydrogen-bond acceptors (Lipinski definition) is 4. The van der Waals surface area contributed by atoms with Gasteiger partial charge in [0.15, 0.2) is 0 Å². The lowest BCUT2D eigenvalue weighted by molar-refractivity contribution is 0.282. The van der Waals surface area contributed by atoms with E-state index in [0.29, 0.717) is 17.2 Å². The number of anilines is 1. The van der Waals surface area contributed by atoms with Gasteiger partial charge in [0.1, 0.15) is 22.9 Å². The topological polar surface area (TPSA) is 72.8 Å². The first-order valence-electron chi connectivity index (χ1n) is 6.25. The van der Waals surface area contributed by atoms with Crippen molar-refractivity contribution in [3.05, 3.63) is 48.2 Å². The fourth-order valence-electron chi connectivity index (χ4n) is 2.25. The minimum Gasteiger partial charge on any atom is -0.497 e. The summed E-state index contributed by atoms with van der Waals surface area (Å²) in [5.41, 5.74) is 9.15. The zero-order valence-electron chi connectivity index (χ0n) is 11.1. The Morgan fingerprint density at radius 3 is 2.90 bits per heavy atom. The van der Waals surface area contributed by atoms with Crippen LogP contribution in [0.2, 0.25) is 0 Å². The summed E-state index contributed by atoms with van der Waals surface area (Å²) in [5.74, 6) is 1.30. The van der Waals surface area contributed by atoms with E-state index < -0.39 is 0 Å². The van der Waals surface area contributed by atoms with Gasteiger partial charge in [-0.2, -0.15) is 0 Å². The quantitative estimate of drug-likeness (QED) is 0.763. The highest BCUT2D eigenvalue weighted by Gasteiger charge is 2.13. The van der Waals surface area contributed by atoms with Crippen molar-refractivity contribution in [3.8, 4) is 17.0 Å². The van der Waals surface area contributed by atoms with E-state index in [0.717, 1.165) is 16.9 Å². The fraction of sp³-hybridized carbons (Fsp3) is 0.133. The molecule has 0 atom stereocenters. The summed E-state index contributed by atoms with van der Waals surface area (Å²) in [6, 6.07) is 11.2. The number of aliphatic hydroxyl groups excluding tert-OH is 1. The van der Waals surface area contributed by atoms with Crippen LogP contribution < -0.4 is 10.5 Å². The molecular weight excluding hydrogens is 254 g/mol. The van der Waals surface area contributed by atoms with Crippen molar-refractivity contribution in [2.75, 3.05) is 12.8 Å². The van der Waals surface area contributed by atoms with Gasteiger partial charge in [0.05, 0.1) is 13.7 Å². The molecule has 5 heteroatoms. The Hall–Kier alpha value is -2.53. The number of hydrogen-bond donors (Lipinski definition) is 2. The Labute approximate surface area is 116 Å². The van der Waals surface area contributed by atoms with Gasteiger partial charge in [0.25, 0.3) is 0 Å². The van der Waals surface area contributed by atoms with Gasteiger partial charge in [-0.25, -0.2) is 4.98 Å². The van der Waals surface area contributed by atoms with Crippen LogP contribution in [-0.4, -0.2) is 21.6 Å². The average molecular weight is 269 g/mol. The molecule has 0 saturated heterocycles. The number of fused-ring (bicyclic) bond motifs is 1. The number of nitrogen functional groups attached to an aromatic ring is 1. The number of rotatable bonds is 3. The van der Waals surface area contributed by atoms with E-state index in [1.165, 1.54) is 0 Å². The Morgan fingerprint density at radius 1 is 1.30 bits per heavy atom. The molecule has 0 bridgehead atoms. The van der Waals surface area contributed by atoms with Crippen LogP contribution in [0.3, 0.4) is 0 Å². The van der Waals surface area contributed by atoms with E-state index in [1.54, 1.807) is 11.5 Å². The number of aliphatic hydroxyl groups is 1. The smallest absolute Gasteiger partial charge is 0.144 e. The van der Waals surface area contributed by atoms with E-state index in [1.807, 2.05) is 42.6 Å². The molecule has 0 unspecified atom stereocenters. The summed E-state index contributed by atoms with van der Waals surface area (Å²) in [4.78, 5) is 4.55. The van der Waals surface area contributed by atoms with Crippen LogP contribution in [0.5, 0.6) is 5.75 Å². The lowest BCUT2D eigenvalue weighted by atomic mass is 10.1. The predicted molar refractivity (Wildman–Crippen MR) is 77.5 cm³/mol. The van der Waals surface area contributed by atoms with Crippen molar-refractivity contribution in [3.63, 3.8) is 0 Å². The molecule has 1 aromatic carbocycles. The van der Waals surface area contributed by atoms with E-state index in [-0.39, 0.29) is 6.61 Å². The molecule has 5 nitrogen and oxygen atoms in total. The molecule has 102 valence electrons. The number of aromatic nitrogens is 2. The Balaban J connectivity index is 2.23. The van der Waals surface area contributed by atoms with E-state index in [9.17, 15) is 5.11 Å². The number of imidazole rings is 1. The Morgan fingerprint density at radius 2 is 2.15 bits per heavy atom. The number of nitrogens with zero attached hydrogens (tertiary/aromatic N) is 2. The minimum atomic E-state index is -0.0711. The normalized spacial score (nSPS) is 10.9. The van der Waals surface area contributed by atoms with Crippen molar-refractivity contribution < 1.29 is 9.84 Å². The predicted octanol–water partition coefficient (Wildman–Crippen LogP) is 2.08. The molecular formula is C15H15N3O2. The average Bonchev–Trinajstić information content (AvgIpc) is 2.84. The molecule has 0 aliphatic rings. The van der Waals surface area contributed by atoms with Crippen LogP contribution in [0.25, 0.3) is 16.9 Å². The monoisotopic (exact) mass is 269 g/mol. The van der Waals surface area contributed by atoms with Crippen molar-refractivity contribution in [2.24, 2.45) is 0 Å². The lowest BCUT2D eigenvalue weighted by Crippen LogP contribution is -1.96. The molecule has 0 radical (unpaired) electrons. The van der Waals surface area contributed by atoms with Crippen molar-refractivity contribution in [1.29, 1.82) is 0 Å². The molecule has 0 fully saturated rings.